The fourth-order valence-electron chi connectivity index (χ4n) is 2.87. The first-order chi connectivity index (χ1) is 12.7. The van der Waals surface area contributed by atoms with Crippen molar-refractivity contribution in [3.05, 3.63) is 41.6 Å². The summed E-state index contributed by atoms with van der Waals surface area (Å²) in [6, 6.07) is 5.69. The quantitative estimate of drug-likeness (QED) is 0.462. The smallest absolute Gasteiger partial charge is 0.346 e. The van der Waals surface area contributed by atoms with Crippen molar-refractivity contribution in [1.29, 1.82) is 0 Å². The minimum atomic E-state index is -4.48. The van der Waals surface area contributed by atoms with E-state index in [0.29, 0.717) is 0 Å². The lowest BCUT2D eigenvalue weighted by molar-refractivity contribution is -0.120. The van der Waals surface area contributed by atoms with Crippen molar-refractivity contribution >= 4 is 23.2 Å². The number of halogens is 5. The summed E-state index contributed by atoms with van der Waals surface area (Å²) in [5, 5.41) is 3.84. The summed E-state index contributed by atoms with van der Waals surface area (Å²) in [6.07, 6.45) is -3.32. The predicted molar refractivity (Wildman–Crippen MR) is 94.3 cm³/mol. The van der Waals surface area contributed by atoms with E-state index in [1.54, 1.807) is 19.9 Å². The average Bonchev–Trinajstić information content (AvgIpc) is 2.99. The van der Waals surface area contributed by atoms with Gasteiger partial charge >= 0.3 is 6.18 Å². The summed E-state index contributed by atoms with van der Waals surface area (Å²) in [5.74, 6) is -0.700. The molecule has 0 atom stereocenters. The van der Waals surface area contributed by atoms with Gasteiger partial charge in [0.05, 0.1) is 5.56 Å². The summed E-state index contributed by atoms with van der Waals surface area (Å²) in [5.41, 5.74) is 0.0796. The lowest BCUT2D eigenvalue weighted by Gasteiger charge is -2.29. The van der Waals surface area contributed by atoms with Crippen LogP contribution in [-0.2, 0) is 0 Å². The zero-order valence-corrected chi connectivity index (χ0v) is 15.3. The molecular formula is C17H16ClF4N5. The van der Waals surface area contributed by atoms with E-state index in [1.807, 2.05) is 0 Å². The molecule has 2 heterocycles. The van der Waals surface area contributed by atoms with Crippen LogP contribution in [0.15, 0.2) is 30.6 Å². The van der Waals surface area contributed by atoms with Gasteiger partial charge in [0.25, 0.3) is 5.78 Å². The Morgan fingerprint density at radius 1 is 1.22 bits per heavy atom. The first kappa shape index (κ1) is 19.3. The number of hydrogen-bond donors (Lipinski definition) is 0. The number of hydrogen-bond acceptors (Lipinski definition) is 4. The van der Waals surface area contributed by atoms with Crippen LogP contribution in [0.5, 0.6) is 0 Å². The van der Waals surface area contributed by atoms with E-state index in [-0.39, 0.29) is 40.3 Å². The Balaban J connectivity index is 2.32. The van der Waals surface area contributed by atoms with E-state index in [4.69, 9.17) is 11.6 Å². The Hall–Kier alpha value is -2.42. The van der Waals surface area contributed by atoms with Crippen LogP contribution in [-0.4, -0.2) is 38.8 Å². The van der Waals surface area contributed by atoms with Crippen LogP contribution in [0.4, 0.5) is 23.4 Å². The maximum atomic E-state index is 14.5. The van der Waals surface area contributed by atoms with Gasteiger partial charge in [-0.15, -0.1) is 0 Å². The first-order valence-corrected chi connectivity index (χ1v) is 8.51. The van der Waals surface area contributed by atoms with Crippen molar-refractivity contribution in [3.63, 3.8) is 0 Å². The lowest BCUT2D eigenvalue weighted by atomic mass is 10.1. The topological polar surface area (TPSA) is 46.3 Å². The molecule has 0 unspecified atom stereocenters. The number of fused-ring (bicyclic) bond motifs is 1. The fourth-order valence-corrected chi connectivity index (χ4v) is 3.14. The van der Waals surface area contributed by atoms with Crippen molar-refractivity contribution in [3.8, 4) is 11.1 Å². The number of aromatic nitrogens is 4. The lowest BCUT2D eigenvalue weighted by Crippen LogP contribution is -2.38. The monoisotopic (exact) mass is 401 g/mol. The summed E-state index contributed by atoms with van der Waals surface area (Å²) in [7, 11) is 0. The number of nitrogens with zero attached hydrogens (tertiary/aromatic N) is 5. The Bertz CT molecular complexity index is 954. The highest BCUT2D eigenvalue weighted by Gasteiger charge is 2.34. The highest BCUT2D eigenvalue weighted by atomic mass is 35.5. The van der Waals surface area contributed by atoms with Gasteiger partial charge in [-0.25, -0.2) is 4.39 Å². The van der Waals surface area contributed by atoms with Gasteiger partial charge in [-0.1, -0.05) is 43.6 Å². The van der Waals surface area contributed by atoms with Gasteiger partial charge in [-0.3, -0.25) is 0 Å². The molecule has 0 saturated carbocycles. The van der Waals surface area contributed by atoms with Crippen molar-refractivity contribution in [2.24, 2.45) is 5.92 Å². The van der Waals surface area contributed by atoms with Crippen LogP contribution in [0.2, 0.25) is 5.15 Å². The average molecular weight is 402 g/mol. The molecular weight excluding hydrogens is 386 g/mol. The Morgan fingerprint density at radius 3 is 2.56 bits per heavy atom. The second kappa shape index (κ2) is 7.30. The molecule has 2 aromatic heterocycles. The van der Waals surface area contributed by atoms with Crippen molar-refractivity contribution < 1.29 is 17.6 Å². The van der Waals surface area contributed by atoms with Crippen molar-refractivity contribution in [1.82, 2.24) is 19.6 Å². The van der Waals surface area contributed by atoms with Crippen LogP contribution < -0.4 is 4.90 Å². The van der Waals surface area contributed by atoms with Crippen molar-refractivity contribution in [2.75, 3.05) is 18.0 Å². The van der Waals surface area contributed by atoms with Crippen molar-refractivity contribution in [2.45, 2.75) is 20.0 Å². The van der Waals surface area contributed by atoms with E-state index in [2.05, 4.69) is 15.1 Å². The summed E-state index contributed by atoms with van der Waals surface area (Å²) in [4.78, 5) is 9.05. The van der Waals surface area contributed by atoms with Gasteiger partial charge in [0.15, 0.2) is 0 Å². The summed E-state index contributed by atoms with van der Waals surface area (Å²) < 4.78 is 55.4. The molecule has 0 spiro atoms. The highest BCUT2D eigenvalue weighted by molar-refractivity contribution is 6.33. The van der Waals surface area contributed by atoms with Gasteiger partial charge in [0.2, 0.25) is 0 Å². The molecule has 0 N–H and O–H groups in total. The second-order valence-electron chi connectivity index (χ2n) is 6.44. The van der Waals surface area contributed by atoms with Crippen LogP contribution >= 0.6 is 11.6 Å². The maximum Gasteiger partial charge on any atom is 0.405 e. The number of benzene rings is 1. The highest BCUT2D eigenvalue weighted by Crippen LogP contribution is 2.38. The van der Waals surface area contributed by atoms with E-state index < -0.39 is 18.5 Å². The Labute approximate surface area is 157 Å². The molecule has 1 aromatic carbocycles. The third-order valence-electron chi connectivity index (χ3n) is 3.76. The molecule has 0 aliphatic heterocycles. The first-order valence-electron chi connectivity index (χ1n) is 8.13. The molecule has 144 valence electrons. The summed E-state index contributed by atoms with van der Waals surface area (Å²) >= 11 is 6.26. The molecule has 0 radical (unpaired) electrons. The molecule has 0 saturated heterocycles. The molecule has 0 amide bonds. The summed E-state index contributed by atoms with van der Waals surface area (Å²) in [6.45, 7) is 2.37. The minimum absolute atomic E-state index is 0.00127. The van der Waals surface area contributed by atoms with Gasteiger partial charge in [0.1, 0.15) is 29.7 Å². The third-order valence-corrected chi connectivity index (χ3v) is 4.03. The largest absolute Gasteiger partial charge is 0.405 e. The molecule has 10 heteroatoms. The molecule has 0 aliphatic rings. The maximum absolute atomic E-state index is 14.5. The van der Waals surface area contributed by atoms with Crippen LogP contribution in [0.3, 0.4) is 0 Å². The zero-order valence-electron chi connectivity index (χ0n) is 14.5. The van der Waals surface area contributed by atoms with E-state index in [9.17, 15) is 17.6 Å². The zero-order chi connectivity index (χ0) is 19.8. The number of anilines is 1. The molecule has 0 fully saturated rings. The molecule has 0 bridgehead atoms. The molecule has 3 aromatic rings. The Kier molecular flexibility index (Phi) is 5.23. The fraction of sp³-hybridized carbons (Fsp3) is 0.353. The second-order valence-corrected chi connectivity index (χ2v) is 6.80. The minimum Gasteiger partial charge on any atom is -0.346 e. The third kappa shape index (κ3) is 4.13. The van der Waals surface area contributed by atoms with E-state index in [0.717, 1.165) is 15.7 Å². The van der Waals surface area contributed by atoms with Crippen LogP contribution in [0.1, 0.15) is 13.8 Å². The Morgan fingerprint density at radius 2 is 1.93 bits per heavy atom. The molecule has 0 aliphatic carbocycles. The van der Waals surface area contributed by atoms with Gasteiger partial charge < -0.3 is 4.90 Å². The molecule has 27 heavy (non-hydrogen) atoms. The predicted octanol–water partition coefficient (Wildman–Crippen LogP) is 4.61. The van der Waals surface area contributed by atoms with E-state index >= 15 is 0 Å². The van der Waals surface area contributed by atoms with E-state index in [1.165, 1.54) is 18.2 Å². The normalized spacial score (nSPS) is 12.1. The molecule has 5 nitrogen and oxygen atoms in total. The van der Waals surface area contributed by atoms with Crippen LogP contribution in [0, 0.1) is 11.7 Å². The SMILES string of the molecule is CC(C)CN(CC(F)(F)F)c1c(-c2ccccc2F)c(Cl)nc2ncnn12. The van der Waals surface area contributed by atoms with Crippen LogP contribution in [0.25, 0.3) is 16.9 Å². The molecule has 3 rings (SSSR count). The van der Waals surface area contributed by atoms with Gasteiger partial charge in [0, 0.05) is 12.1 Å². The number of alkyl halides is 3. The number of rotatable bonds is 5. The van der Waals surface area contributed by atoms with Gasteiger partial charge in [-0.05, 0) is 12.0 Å². The standard InChI is InChI=1S/C17H16ClF4N5/c1-10(2)7-26(8-17(20,21)22)15-13(11-5-3-4-6-12(11)19)14(18)25-16-23-9-24-27(15)16/h3-6,9-10H,7-8H2,1-2H3. The van der Waals surface area contributed by atoms with Gasteiger partial charge in [-0.2, -0.15) is 32.8 Å².